The molecule has 3 N–H and O–H groups in total. The first-order valence-electron chi connectivity index (χ1n) is 9.23. The molecule has 152 valence electrons. The van der Waals surface area contributed by atoms with Gasteiger partial charge in [0.2, 0.25) is 0 Å². The second kappa shape index (κ2) is 9.83. The van der Waals surface area contributed by atoms with Crippen LogP contribution in [0.5, 0.6) is 0 Å². The van der Waals surface area contributed by atoms with E-state index < -0.39 is 24.5 Å². The van der Waals surface area contributed by atoms with Crippen LogP contribution in [0.2, 0.25) is 0 Å². The Bertz CT molecular complexity index is 891. The number of anilines is 1. The monoisotopic (exact) mass is 415 g/mol. The number of carbonyl (C=O) groups is 4. The normalized spacial score (nSPS) is 13.5. The zero-order chi connectivity index (χ0) is 20.6. The average Bonchev–Trinajstić information content (AvgIpc) is 3.40. The van der Waals surface area contributed by atoms with Gasteiger partial charge in [0.15, 0.2) is 6.61 Å². The van der Waals surface area contributed by atoms with Crippen molar-refractivity contribution in [2.75, 3.05) is 11.9 Å². The molecule has 3 rings (SSSR count). The van der Waals surface area contributed by atoms with Gasteiger partial charge in [-0.15, -0.1) is 0 Å². The maximum absolute atomic E-state index is 12.4. The maximum atomic E-state index is 12.4. The number of hydrogen-bond acceptors (Lipinski definition) is 6. The third kappa shape index (κ3) is 5.89. The van der Waals surface area contributed by atoms with E-state index in [1.54, 1.807) is 35.0 Å². The van der Waals surface area contributed by atoms with Gasteiger partial charge in [0.1, 0.15) is 0 Å². The zero-order valence-electron chi connectivity index (χ0n) is 15.6. The molecule has 4 amide bonds. The number of carbonyl (C=O) groups excluding carboxylic acids is 4. The van der Waals surface area contributed by atoms with Gasteiger partial charge in [-0.25, -0.2) is 9.59 Å². The minimum absolute atomic E-state index is 0.0732. The van der Waals surface area contributed by atoms with E-state index in [0.29, 0.717) is 5.56 Å². The van der Waals surface area contributed by atoms with Gasteiger partial charge in [-0.3, -0.25) is 14.9 Å². The Balaban J connectivity index is 1.51. The SMILES string of the molecule is O=C(COC(=O)c1ccccc1NC(=O)c1ccsc1)NC(=O)NC1CCCC1. The van der Waals surface area contributed by atoms with Crippen molar-refractivity contribution in [2.45, 2.75) is 31.7 Å². The summed E-state index contributed by atoms with van der Waals surface area (Å²) in [7, 11) is 0. The van der Waals surface area contributed by atoms with Crippen molar-refractivity contribution in [2.24, 2.45) is 0 Å². The Labute approximate surface area is 171 Å². The summed E-state index contributed by atoms with van der Waals surface area (Å²) in [6.45, 7) is -0.607. The van der Waals surface area contributed by atoms with Crippen LogP contribution in [-0.2, 0) is 9.53 Å². The second-order valence-electron chi connectivity index (χ2n) is 6.59. The molecule has 0 aliphatic heterocycles. The van der Waals surface area contributed by atoms with Crippen molar-refractivity contribution in [3.63, 3.8) is 0 Å². The van der Waals surface area contributed by atoms with E-state index in [0.717, 1.165) is 25.7 Å². The van der Waals surface area contributed by atoms with E-state index in [9.17, 15) is 19.2 Å². The molecule has 1 fully saturated rings. The second-order valence-corrected chi connectivity index (χ2v) is 7.37. The number of esters is 1. The Morgan fingerprint density at radius 1 is 1.07 bits per heavy atom. The van der Waals surface area contributed by atoms with Crippen molar-refractivity contribution in [1.82, 2.24) is 10.6 Å². The van der Waals surface area contributed by atoms with Gasteiger partial charge in [-0.2, -0.15) is 11.3 Å². The number of thiophene rings is 1. The predicted molar refractivity (Wildman–Crippen MR) is 108 cm³/mol. The first-order chi connectivity index (χ1) is 14.0. The van der Waals surface area contributed by atoms with E-state index in [4.69, 9.17) is 4.74 Å². The van der Waals surface area contributed by atoms with E-state index in [-0.39, 0.29) is 23.2 Å². The van der Waals surface area contributed by atoms with Crippen LogP contribution in [0.1, 0.15) is 46.4 Å². The molecular formula is C20H21N3O5S. The van der Waals surface area contributed by atoms with Crippen LogP contribution < -0.4 is 16.0 Å². The smallest absolute Gasteiger partial charge is 0.340 e. The van der Waals surface area contributed by atoms with Gasteiger partial charge in [0.25, 0.3) is 11.8 Å². The van der Waals surface area contributed by atoms with Gasteiger partial charge >= 0.3 is 12.0 Å². The lowest BCUT2D eigenvalue weighted by Crippen LogP contribution is -2.45. The molecule has 0 saturated heterocycles. The fraction of sp³-hybridized carbons (Fsp3) is 0.300. The highest BCUT2D eigenvalue weighted by Gasteiger charge is 2.20. The molecule has 8 nitrogen and oxygen atoms in total. The standard InChI is InChI=1S/C20H21N3O5S/c24-17(23-20(27)21-14-5-1-2-6-14)11-28-19(26)15-7-3-4-8-16(15)22-18(25)13-9-10-29-12-13/h3-4,7-10,12,14H,1-2,5-6,11H2,(H,22,25)(H2,21,23,24,27). The lowest BCUT2D eigenvalue weighted by molar-refractivity contribution is -0.123. The summed E-state index contributed by atoms with van der Waals surface area (Å²) < 4.78 is 4.99. The summed E-state index contributed by atoms with van der Waals surface area (Å²) in [6.07, 6.45) is 3.90. The summed E-state index contributed by atoms with van der Waals surface area (Å²) in [4.78, 5) is 48.2. The van der Waals surface area contributed by atoms with Gasteiger partial charge in [-0.05, 0) is 36.4 Å². The predicted octanol–water partition coefficient (Wildman–Crippen LogP) is 2.93. The topological polar surface area (TPSA) is 114 Å². The molecule has 1 saturated carbocycles. The highest BCUT2D eigenvalue weighted by molar-refractivity contribution is 7.08. The molecular weight excluding hydrogens is 394 g/mol. The molecule has 0 bridgehead atoms. The lowest BCUT2D eigenvalue weighted by Gasteiger charge is -2.13. The molecule has 1 aliphatic rings. The molecule has 9 heteroatoms. The third-order valence-corrected chi connectivity index (χ3v) is 5.14. The molecule has 1 aromatic heterocycles. The van der Waals surface area contributed by atoms with Crippen LogP contribution in [0.15, 0.2) is 41.1 Å². The molecule has 0 atom stereocenters. The molecule has 0 unspecified atom stereocenters. The number of benzene rings is 1. The molecule has 0 spiro atoms. The van der Waals surface area contributed by atoms with Gasteiger partial charge in [-0.1, -0.05) is 25.0 Å². The third-order valence-electron chi connectivity index (χ3n) is 4.46. The van der Waals surface area contributed by atoms with Crippen molar-refractivity contribution in [3.05, 3.63) is 52.2 Å². The highest BCUT2D eigenvalue weighted by atomic mass is 32.1. The number of para-hydroxylation sites is 1. The van der Waals surface area contributed by atoms with Crippen LogP contribution in [-0.4, -0.2) is 36.5 Å². The number of amides is 4. The largest absolute Gasteiger partial charge is 0.452 e. The average molecular weight is 415 g/mol. The lowest BCUT2D eigenvalue weighted by atomic mass is 10.1. The molecule has 2 aromatic rings. The first-order valence-corrected chi connectivity index (χ1v) is 10.2. The number of nitrogens with one attached hydrogen (secondary N) is 3. The summed E-state index contributed by atoms with van der Waals surface area (Å²) in [6, 6.07) is 7.48. The Kier molecular flexibility index (Phi) is 6.96. The fourth-order valence-electron chi connectivity index (χ4n) is 3.02. The quantitative estimate of drug-likeness (QED) is 0.628. The molecule has 1 aliphatic carbocycles. The molecule has 1 aromatic carbocycles. The number of imide groups is 1. The minimum atomic E-state index is -0.780. The van der Waals surface area contributed by atoms with Crippen molar-refractivity contribution >= 4 is 40.8 Å². The maximum Gasteiger partial charge on any atom is 0.340 e. The zero-order valence-corrected chi connectivity index (χ0v) is 16.4. The van der Waals surface area contributed by atoms with Crippen LogP contribution >= 0.6 is 11.3 Å². The Morgan fingerprint density at radius 3 is 2.55 bits per heavy atom. The van der Waals surface area contributed by atoms with Gasteiger partial charge in [0.05, 0.1) is 16.8 Å². The Hall–Kier alpha value is -3.20. The fourth-order valence-corrected chi connectivity index (χ4v) is 3.66. The number of ether oxygens (including phenoxy) is 1. The van der Waals surface area contributed by atoms with E-state index in [2.05, 4.69) is 16.0 Å². The van der Waals surface area contributed by atoms with Crippen molar-refractivity contribution in [1.29, 1.82) is 0 Å². The molecule has 29 heavy (non-hydrogen) atoms. The molecule has 0 radical (unpaired) electrons. The van der Waals surface area contributed by atoms with Crippen LogP contribution in [0, 0.1) is 0 Å². The van der Waals surface area contributed by atoms with E-state index in [1.807, 2.05) is 0 Å². The van der Waals surface area contributed by atoms with Crippen LogP contribution in [0.4, 0.5) is 10.5 Å². The Morgan fingerprint density at radius 2 is 1.83 bits per heavy atom. The number of urea groups is 1. The van der Waals surface area contributed by atoms with Crippen LogP contribution in [0.25, 0.3) is 0 Å². The summed E-state index contributed by atoms with van der Waals surface area (Å²) in [5, 5.41) is 11.0. The minimum Gasteiger partial charge on any atom is -0.452 e. The van der Waals surface area contributed by atoms with Crippen molar-refractivity contribution in [3.8, 4) is 0 Å². The summed E-state index contributed by atoms with van der Waals surface area (Å²) in [5.74, 6) is -1.86. The molecule has 1 heterocycles. The van der Waals surface area contributed by atoms with E-state index >= 15 is 0 Å². The summed E-state index contributed by atoms with van der Waals surface area (Å²) in [5.41, 5.74) is 0.859. The number of rotatable bonds is 6. The summed E-state index contributed by atoms with van der Waals surface area (Å²) >= 11 is 1.39. The van der Waals surface area contributed by atoms with Gasteiger partial charge in [0, 0.05) is 11.4 Å². The first kappa shape index (κ1) is 20.5. The van der Waals surface area contributed by atoms with E-state index in [1.165, 1.54) is 17.4 Å². The van der Waals surface area contributed by atoms with Gasteiger partial charge < -0.3 is 15.4 Å². The van der Waals surface area contributed by atoms with Crippen LogP contribution in [0.3, 0.4) is 0 Å². The van der Waals surface area contributed by atoms with Crippen molar-refractivity contribution < 1.29 is 23.9 Å². The number of hydrogen-bond donors (Lipinski definition) is 3. The highest BCUT2D eigenvalue weighted by Crippen LogP contribution is 2.19.